The summed E-state index contributed by atoms with van der Waals surface area (Å²) >= 11 is 0. The maximum absolute atomic E-state index is 12.2. The van der Waals surface area contributed by atoms with Crippen LogP contribution in [-0.4, -0.2) is 44.1 Å². The minimum atomic E-state index is -0.172. The molecule has 0 saturated carbocycles. The van der Waals surface area contributed by atoms with E-state index >= 15 is 0 Å². The molecule has 0 aromatic heterocycles. The molecular weight excluding hydrogens is 342 g/mol. The van der Waals surface area contributed by atoms with Crippen molar-refractivity contribution in [2.24, 2.45) is 0 Å². The van der Waals surface area contributed by atoms with Crippen LogP contribution in [0.25, 0.3) is 0 Å². The summed E-state index contributed by atoms with van der Waals surface area (Å²) in [6, 6.07) is 7.57. The Balaban J connectivity index is 0.00000312. The Morgan fingerprint density at radius 3 is 2.80 bits per heavy atom. The molecule has 1 aromatic carbocycles. The Labute approximate surface area is 155 Å². The van der Waals surface area contributed by atoms with E-state index in [1.165, 1.54) is 6.42 Å². The van der Waals surface area contributed by atoms with Crippen LogP contribution >= 0.6 is 12.4 Å². The Morgan fingerprint density at radius 2 is 2.08 bits per heavy atom. The first-order valence-corrected chi connectivity index (χ1v) is 8.70. The van der Waals surface area contributed by atoms with E-state index in [9.17, 15) is 9.59 Å². The first kappa shape index (κ1) is 21.3. The molecule has 0 aliphatic carbocycles. The van der Waals surface area contributed by atoms with Gasteiger partial charge in [0.25, 0.3) is 5.91 Å². The van der Waals surface area contributed by atoms with Gasteiger partial charge in [-0.1, -0.05) is 12.1 Å². The van der Waals surface area contributed by atoms with Crippen LogP contribution in [0.4, 0.5) is 0 Å². The van der Waals surface area contributed by atoms with Gasteiger partial charge < -0.3 is 20.7 Å². The van der Waals surface area contributed by atoms with Crippen LogP contribution in [0.2, 0.25) is 0 Å². The van der Waals surface area contributed by atoms with Crippen LogP contribution in [0.3, 0.4) is 0 Å². The number of hydrogen-bond acceptors (Lipinski definition) is 4. The van der Waals surface area contributed by atoms with E-state index in [0.29, 0.717) is 49.9 Å². The third-order valence-corrected chi connectivity index (χ3v) is 4.01. The molecule has 1 fully saturated rings. The van der Waals surface area contributed by atoms with Crippen molar-refractivity contribution in [3.63, 3.8) is 0 Å². The fourth-order valence-corrected chi connectivity index (χ4v) is 2.74. The number of para-hydroxylation sites is 1. The molecule has 1 aliphatic heterocycles. The van der Waals surface area contributed by atoms with Gasteiger partial charge in [0, 0.05) is 25.6 Å². The molecule has 0 spiro atoms. The number of halogens is 1. The third kappa shape index (κ3) is 7.32. The number of carbonyl (C=O) groups is 2. The van der Waals surface area contributed by atoms with Crippen LogP contribution in [0.15, 0.2) is 24.3 Å². The molecule has 6 nitrogen and oxygen atoms in total. The topological polar surface area (TPSA) is 79.5 Å². The Kier molecular flexibility index (Phi) is 9.96. The van der Waals surface area contributed by atoms with Gasteiger partial charge in [-0.3, -0.25) is 9.59 Å². The summed E-state index contributed by atoms with van der Waals surface area (Å²) in [5.74, 6) is 0.446. The Hall–Kier alpha value is -1.79. The highest BCUT2D eigenvalue weighted by Gasteiger charge is 2.15. The Morgan fingerprint density at radius 1 is 1.28 bits per heavy atom. The number of nitrogens with one attached hydrogen (secondary N) is 3. The molecule has 2 amide bonds. The van der Waals surface area contributed by atoms with Crippen LogP contribution < -0.4 is 20.7 Å². The standard InChI is InChI=1S/C18H27N3O3.ClH/c1-2-24-16-9-4-3-8-15(16)18(23)20-12-6-10-17(22)21-13-14-7-5-11-19-14;/h3-4,8-9,14,19H,2,5-7,10-13H2,1H3,(H,20,23)(H,21,22);1H. The van der Waals surface area contributed by atoms with Crippen LogP contribution in [0.5, 0.6) is 5.75 Å². The molecule has 140 valence electrons. The highest BCUT2D eigenvalue weighted by atomic mass is 35.5. The molecule has 3 N–H and O–H groups in total. The van der Waals surface area contributed by atoms with Gasteiger partial charge in [-0.15, -0.1) is 12.4 Å². The van der Waals surface area contributed by atoms with E-state index in [-0.39, 0.29) is 24.2 Å². The summed E-state index contributed by atoms with van der Waals surface area (Å²) < 4.78 is 5.45. The van der Waals surface area contributed by atoms with Gasteiger partial charge in [0.1, 0.15) is 5.75 Å². The minimum absolute atomic E-state index is 0. The zero-order valence-corrected chi connectivity index (χ0v) is 15.5. The number of carbonyl (C=O) groups excluding carboxylic acids is 2. The zero-order chi connectivity index (χ0) is 17.2. The molecule has 0 radical (unpaired) electrons. The molecule has 2 rings (SSSR count). The second-order valence-corrected chi connectivity index (χ2v) is 5.89. The summed E-state index contributed by atoms with van der Waals surface area (Å²) in [6.07, 6.45) is 3.33. The molecule has 1 unspecified atom stereocenters. The average Bonchev–Trinajstić information content (AvgIpc) is 3.11. The minimum Gasteiger partial charge on any atom is -0.493 e. The third-order valence-electron chi connectivity index (χ3n) is 4.01. The van der Waals surface area contributed by atoms with Crippen molar-refractivity contribution in [2.45, 2.75) is 38.6 Å². The molecule has 1 atom stereocenters. The van der Waals surface area contributed by atoms with Gasteiger partial charge in [-0.2, -0.15) is 0 Å². The molecule has 1 saturated heterocycles. The number of benzene rings is 1. The summed E-state index contributed by atoms with van der Waals surface area (Å²) in [7, 11) is 0. The predicted octanol–water partition coefficient (Wildman–Crippen LogP) is 1.89. The molecular formula is C18H28ClN3O3. The van der Waals surface area contributed by atoms with E-state index in [4.69, 9.17) is 4.74 Å². The van der Waals surface area contributed by atoms with E-state index in [2.05, 4.69) is 16.0 Å². The van der Waals surface area contributed by atoms with Crippen LogP contribution in [-0.2, 0) is 4.79 Å². The fraction of sp³-hybridized carbons (Fsp3) is 0.556. The summed E-state index contributed by atoms with van der Waals surface area (Å²) in [5, 5.41) is 9.12. The quantitative estimate of drug-likeness (QED) is 0.581. The van der Waals surface area contributed by atoms with Gasteiger partial charge in [0.05, 0.1) is 12.2 Å². The van der Waals surface area contributed by atoms with Crippen LogP contribution in [0.1, 0.15) is 43.0 Å². The van der Waals surface area contributed by atoms with E-state index in [1.807, 2.05) is 19.1 Å². The summed E-state index contributed by atoms with van der Waals surface area (Å²) in [4.78, 5) is 24.0. The van der Waals surface area contributed by atoms with Crippen LogP contribution in [0, 0.1) is 0 Å². The number of amides is 2. The SMILES string of the molecule is CCOc1ccccc1C(=O)NCCCC(=O)NCC1CCCN1.Cl. The lowest BCUT2D eigenvalue weighted by Gasteiger charge is -2.12. The van der Waals surface area contributed by atoms with Gasteiger partial charge in [-0.05, 0) is 44.9 Å². The smallest absolute Gasteiger partial charge is 0.255 e. The fourth-order valence-electron chi connectivity index (χ4n) is 2.74. The predicted molar refractivity (Wildman–Crippen MR) is 100 cm³/mol. The molecule has 1 aromatic rings. The maximum Gasteiger partial charge on any atom is 0.255 e. The number of rotatable bonds is 9. The molecule has 0 bridgehead atoms. The second-order valence-electron chi connectivity index (χ2n) is 5.89. The Bertz CT molecular complexity index is 548. The first-order chi connectivity index (χ1) is 11.7. The maximum atomic E-state index is 12.2. The van der Waals surface area contributed by atoms with Crippen molar-refractivity contribution in [1.82, 2.24) is 16.0 Å². The van der Waals surface area contributed by atoms with Crippen molar-refractivity contribution < 1.29 is 14.3 Å². The molecule has 1 aliphatic rings. The average molecular weight is 370 g/mol. The van der Waals surface area contributed by atoms with Crippen molar-refractivity contribution in [1.29, 1.82) is 0 Å². The second kappa shape index (κ2) is 11.7. The van der Waals surface area contributed by atoms with Crippen molar-refractivity contribution in [3.8, 4) is 5.75 Å². The van der Waals surface area contributed by atoms with E-state index in [1.54, 1.807) is 12.1 Å². The van der Waals surface area contributed by atoms with Gasteiger partial charge in [-0.25, -0.2) is 0 Å². The normalized spacial score (nSPS) is 16.0. The summed E-state index contributed by atoms with van der Waals surface area (Å²) in [6.45, 7) is 4.59. The van der Waals surface area contributed by atoms with E-state index in [0.717, 1.165) is 13.0 Å². The molecule has 1 heterocycles. The van der Waals surface area contributed by atoms with E-state index < -0.39 is 0 Å². The molecule has 25 heavy (non-hydrogen) atoms. The highest BCUT2D eigenvalue weighted by molar-refractivity contribution is 5.96. The lowest BCUT2D eigenvalue weighted by molar-refractivity contribution is -0.121. The highest BCUT2D eigenvalue weighted by Crippen LogP contribution is 2.17. The first-order valence-electron chi connectivity index (χ1n) is 8.70. The van der Waals surface area contributed by atoms with Crippen molar-refractivity contribution in [2.75, 3.05) is 26.2 Å². The van der Waals surface area contributed by atoms with Crippen molar-refractivity contribution in [3.05, 3.63) is 29.8 Å². The lowest BCUT2D eigenvalue weighted by atomic mass is 10.2. The van der Waals surface area contributed by atoms with Gasteiger partial charge in [0.15, 0.2) is 0 Å². The van der Waals surface area contributed by atoms with Crippen molar-refractivity contribution >= 4 is 24.2 Å². The number of ether oxygens (including phenoxy) is 1. The van der Waals surface area contributed by atoms with Gasteiger partial charge in [0.2, 0.25) is 5.91 Å². The molecule has 7 heteroatoms. The van der Waals surface area contributed by atoms with Gasteiger partial charge >= 0.3 is 0 Å². The largest absolute Gasteiger partial charge is 0.493 e. The lowest BCUT2D eigenvalue weighted by Crippen LogP contribution is -2.37. The number of hydrogen-bond donors (Lipinski definition) is 3. The monoisotopic (exact) mass is 369 g/mol. The zero-order valence-electron chi connectivity index (χ0n) is 14.7. The summed E-state index contributed by atoms with van der Waals surface area (Å²) in [5.41, 5.74) is 0.524.